The molecule has 1 aliphatic carbocycles. The summed E-state index contributed by atoms with van der Waals surface area (Å²) < 4.78 is 5.67. The Bertz CT molecular complexity index is 282. The lowest BCUT2D eigenvalue weighted by atomic mass is 9.72. The van der Waals surface area contributed by atoms with Gasteiger partial charge in [-0.1, -0.05) is 19.8 Å². The highest BCUT2D eigenvalue weighted by Gasteiger charge is 2.46. The Morgan fingerprint density at radius 3 is 2.47 bits per heavy atom. The minimum absolute atomic E-state index is 0.134. The first-order valence-electron chi connectivity index (χ1n) is 8.10. The minimum Gasteiger partial charge on any atom is -0.378 e. The Morgan fingerprint density at radius 2 is 1.95 bits per heavy atom. The van der Waals surface area contributed by atoms with Crippen molar-refractivity contribution in [1.82, 2.24) is 4.90 Å². The first-order valence-corrected chi connectivity index (χ1v) is 8.10. The van der Waals surface area contributed by atoms with Crippen LogP contribution in [0.25, 0.3) is 0 Å². The molecule has 0 aromatic rings. The van der Waals surface area contributed by atoms with Crippen LogP contribution in [0.15, 0.2) is 0 Å². The van der Waals surface area contributed by atoms with E-state index in [2.05, 4.69) is 25.7 Å². The summed E-state index contributed by atoms with van der Waals surface area (Å²) in [6, 6.07) is 0. The lowest BCUT2D eigenvalue weighted by Crippen LogP contribution is -2.66. The fourth-order valence-corrected chi connectivity index (χ4v) is 4.23. The van der Waals surface area contributed by atoms with Crippen LogP contribution in [0.3, 0.4) is 0 Å². The molecule has 2 aliphatic rings. The highest BCUT2D eigenvalue weighted by atomic mass is 16.5. The number of nitrogens with zero attached hydrogens (tertiary/aromatic N) is 1. The van der Waals surface area contributed by atoms with E-state index >= 15 is 0 Å². The number of nitrogens with two attached hydrogens (primary N) is 1. The SMILES string of the molecule is CCCC1CCC(CN)(N2CCOCC2(C)C)CC1. The fraction of sp³-hybridized carbons (Fsp3) is 1.00. The maximum absolute atomic E-state index is 6.23. The van der Waals surface area contributed by atoms with Crippen LogP contribution in [0, 0.1) is 5.92 Å². The summed E-state index contributed by atoms with van der Waals surface area (Å²) in [6.07, 6.45) is 7.99. The highest BCUT2D eigenvalue weighted by Crippen LogP contribution is 2.41. The van der Waals surface area contributed by atoms with Crippen molar-refractivity contribution in [3.63, 3.8) is 0 Å². The molecule has 2 rings (SSSR count). The maximum atomic E-state index is 6.23. The fourth-order valence-electron chi connectivity index (χ4n) is 4.23. The van der Waals surface area contributed by atoms with Crippen molar-refractivity contribution >= 4 is 0 Å². The molecule has 0 amide bonds. The van der Waals surface area contributed by atoms with Crippen molar-refractivity contribution in [2.24, 2.45) is 11.7 Å². The van der Waals surface area contributed by atoms with Gasteiger partial charge in [0, 0.05) is 24.2 Å². The molecule has 112 valence electrons. The monoisotopic (exact) mass is 268 g/mol. The van der Waals surface area contributed by atoms with E-state index in [4.69, 9.17) is 10.5 Å². The molecule has 3 heteroatoms. The lowest BCUT2D eigenvalue weighted by molar-refractivity contribution is -0.116. The minimum atomic E-state index is 0.134. The van der Waals surface area contributed by atoms with Crippen molar-refractivity contribution in [3.05, 3.63) is 0 Å². The van der Waals surface area contributed by atoms with Crippen LogP contribution in [-0.2, 0) is 4.74 Å². The average molecular weight is 268 g/mol. The Labute approximate surface area is 118 Å². The van der Waals surface area contributed by atoms with Crippen LogP contribution in [-0.4, -0.2) is 42.3 Å². The van der Waals surface area contributed by atoms with E-state index < -0.39 is 0 Å². The van der Waals surface area contributed by atoms with Gasteiger partial charge in [-0.2, -0.15) is 0 Å². The second kappa shape index (κ2) is 6.11. The second-order valence-corrected chi connectivity index (χ2v) is 7.18. The molecule has 1 saturated heterocycles. The number of hydrogen-bond acceptors (Lipinski definition) is 3. The highest BCUT2D eigenvalue weighted by molar-refractivity contribution is 5.02. The molecule has 0 atom stereocenters. The van der Waals surface area contributed by atoms with Gasteiger partial charge < -0.3 is 10.5 Å². The van der Waals surface area contributed by atoms with Gasteiger partial charge in [0.15, 0.2) is 0 Å². The van der Waals surface area contributed by atoms with Gasteiger partial charge in [-0.15, -0.1) is 0 Å². The Kier molecular flexibility index (Phi) is 4.91. The van der Waals surface area contributed by atoms with Gasteiger partial charge in [-0.25, -0.2) is 0 Å². The second-order valence-electron chi connectivity index (χ2n) is 7.18. The Hall–Kier alpha value is -0.120. The molecule has 0 radical (unpaired) electrons. The summed E-state index contributed by atoms with van der Waals surface area (Å²) in [5, 5.41) is 0. The Balaban J connectivity index is 2.06. The van der Waals surface area contributed by atoms with Crippen LogP contribution in [0.1, 0.15) is 59.3 Å². The number of hydrogen-bond donors (Lipinski definition) is 1. The van der Waals surface area contributed by atoms with Gasteiger partial charge in [0.1, 0.15) is 0 Å². The topological polar surface area (TPSA) is 38.5 Å². The molecule has 3 nitrogen and oxygen atoms in total. The third-order valence-electron chi connectivity index (χ3n) is 5.33. The van der Waals surface area contributed by atoms with Gasteiger partial charge in [-0.05, 0) is 45.4 Å². The molecule has 19 heavy (non-hydrogen) atoms. The zero-order valence-corrected chi connectivity index (χ0v) is 13.1. The molecular formula is C16H32N2O. The maximum Gasteiger partial charge on any atom is 0.0645 e. The first-order chi connectivity index (χ1) is 9.04. The molecule has 0 aromatic heterocycles. The van der Waals surface area contributed by atoms with E-state index in [0.29, 0.717) is 0 Å². The molecule has 2 N–H and O–H groups in total. The average Bonchev–Trinajstić information content (AvgIpc) is 2.40. The molecule has 1 heterocycles. The van der Waals surface area contributed by atoms with E-state index in [-0.39, 0.29) is 11.1 Å². The zero-order chi connectivity index (χ0) is 13.9. The van der Waals surface area contributed by atoms with Crippen LogP contribution < -0.4 is 5.73 Å². The molecule has 2 fully saturated rings. The van der Waals surface area contributed by atoms with E-state index in [1.165, 1.54) is 38.5 Å². The smallest absolute Gasteiger partial charge is 0.0645 e. The quantitative estimate of drug-likeness (QED) is 0.852. The number of morpholine rings is 1. The van der Waals surface area contributed by atoms with Gasteiger partial charge in [0.25, 0.3) is 0 Å². The van der Waals surface area contributed by atoms with Gasteiger partial charge in [-0.3, -0.25) is 4.90 Å². The largest absolute Gasteiger partial charge is 0.378 e. The van der Waals surface area contributed by atoms with E-state index in [9.17, 15) is 0 Å². The van der Waals surface area contributed by atoms with Crippen LogP contribution in [0.2, 0.25) is 0 Å². The van der Waals surface area contributed by atoms with Crippen LogP contribution in [0.5, 0.6) is 0 Å². The van der Waals surface area contributed by atoms with E-state index in [1.54, 1.807) is 0 Å². The molecule has 1 aliphatic heterocycles. The normalized spacial score (nSPS) is 36.3. The summed E-state index contributed by atoms with van der Waals surface area (Å²) in [7, 11) is 0. The molecule has 0 aromatic carbocycles. The molecule has 1 saturated carbocycles. The molecule has 0 bridgehead atoms. The van der Waals surface area contributed by atoms with Crippen molar-refractivity contribution in [2.75, 3.05) is 26.3 Å². The number of ether oxygens (including phenoxy) is 1. The van der Waals surface area contributed by atoms with Crippen molar-refractivity contribution in [1.29, 1.82) is 0 Å². The summed E-state index contributed by atoms with van der Waals surface area (Å²) in [5.41, 5.74) is 6.59. The third kappa shape index (κ3) is 3.14. The molecule has 0 unspecified atom stereocenters. The zero-order valence-electron chi connectivity index (χ0n) is 13.1. The first kappa shape index (κ1) is 15.3. The summed E-state index contributed by atoms with van der Waals surface area (Å²) in [4.78, 5) is 2.67. The van der Waals surface area contributed by atoms with Crippen molar-refractivity contribution in [2.45, 2.75) is 70.4 Å². The third-order valence-corrected chi connectivity index (χ3v) is 5.33. The predicted octanol–water partition coefficient (Wildman–Crippen LogP) is 2.79. The summed E-state index contributed by atoms with van der Waals surface area (Å²) >= 11 is 0. The Morgan fingerprint density at radius 1 is 1.26 bits per heavy atom. The molecular weight excluding hydrogens is 236 g/mol. The number of rotatable bonds is 4. The summed E-state index contributed by atoms with van der Waals surface area (Å²) in [6.45, 7) is 10.5. The van der Waals surface area contributed by atoms with Crippen molar-refractivity contribution in [3.8, 4) is 0 Å². The van der Waals surface area contributed by atoms with Crippen molar-refractivity contribution < 1.29 is 4.74 Å². The summed E-state index contributed by atoms with van der Waals surface area (Å²) in [5.74, 6) is 0.939. The van der Waals surface area contributed by atoms with Gasteiger partial charge >= 0.3 is 0 Å². The van der Waals surface area contributed by atoms with E-state index in [1.807, 2.05) is 0 Å². The molecule has 0 spiro atoms. The predicted molar refractivity (Wildman–Crippen MR) is 80.3 cm³/mol. The van der Waals surface area contributed by atoms with Gasteiger partial charge in [0.05, 0.1) is 13.2 Å². The lowest BCUT2D eigenvalue weighted by Gasteiger charge is -2.56. The standard InChI is InChI=1S/C16H32N2O/c1-4-5-14-6-8-16(12-17,9-7-14)18-10-11-19-13-15(18,2)3/h14H,4-13,17H2,1-3H3. The van der Waals surface area contributed by atoms with E-state index in [0.717, 1.165) is 32.2 Å². The van der Waals surface area contributed by atoms with Crippen LogP contribution in [0.4, 0.5) is 0 Å². The van der Waals surface area contributed by atoms with Crippen LogP contribution >= 0.6 is 0 Å². The van der Waals surface area contributed by atoms with Gasteiger partial charge in [0.2, 0.25) is 0 Å².